The highest BCUT2D eigenvalue weighted by atomic mass is 32.2. The maximum absolute atomic E-state index is 4.22. The van der Waals surface area contributed by atoms with Crippen LogP contribution in [0.25, 0.3) is 11.4 Å². The fourth-order valence-electron chi connectivity index (χ4n) is 2.97. The molecule has 0 fully saturated rings. The van der Waals surface area contributed by atoms with Gasteiger partial charge in [-0.15, -0.1) is 11.8 Å². The van der Waals surface area contributed by atoms with Crippen molar-refractivity contribution < 1.29 is 0 Å². The number of aromatic amines is 1. The van der Waals surface area contributed by atoms with Crippen LogP contribution in [-0.2, 0) is 6.54 Å². The normalized spacial score (nSPS) is 17.0. The van der Waals surface area contributed by atoms with E-state index >= 15 is 0 Å². The molecule has 1 atom stereocenters. The molecule has 1 aromatic heterocycles. The van der Waals surface area contributed by atoms with Crippen LogP contribution in [-0.4, -0.2) is 20.9 Å². The van der Waals surface area contributed by atoms with Crippen molar-refractivity contribution in [1.29, 1.82) is 0 Å². The van der Waals surface area contributed by atoms with Gasteiger partial charge in [-0.05, 0) is 35.4 Å². The summed E-state index contributed by atoms with van der Waals surface area (Å²) in [5.74, 6) is 1.98. The molecule has 5 heteroatoms. The van der Waals surface area contributed by atoms with E-state index in [1.807, 2.05) is 11.8 Å². The minimum absolute atomic E-state index is 0.432. The number of H-pyrrole nitrogens is 1. The first-order valence-electron chi connectivity index (χ1n) is 7.80. The Kier molecular flexibility index (Phi) is 4.13. The van der Waals surface area contributed by atoms with Crippen LogP contribution in [0.3, 0.4) is 0 Å². The van der Waals surface area contributed by atoms with E-state index in [0.29, 0.717) is 6.04 Å². The minimum atomic E-state index is 0.432. The molecule has 116 valence electrons. The van der Waals surface area contributed by atoms with Gasteiger partial charge in [-0.25, -0.2) is 4.98 Å². The van der Waals surface area contributed by atoms with Gasteiger partial charge in [-0.2, -0.15) is 5.10 Å². The zero-order valence-electron chi connectivity index (χ0n) is 12.7. The van der Waals surface area contributed by atoms with Crippen LogP contribution in [0.2, 0.25) is 0 Å². The van der Waals surface area contributed by atoms with Crippen LogP contribution in [0.15, 0.2) is 59.8 Å². The van der Waals surface area contributed by atoms with Gasteiger partial charge < -0.3 is 5.32 Å². The molecule has 1 aliphatic heterocycles. The van der Waals surface area contributed by atoms with E-state index in [-0.39, 0.29) is 0 Å². The standard InChI is InChI=1S/C18H18N4S/c1-2-7-17-15(6-1)16(8-9-23-17)19-11-13-4-3-5-14(10-13)18-20-12-21-22-18/h1-7,10,12,16,19H,8-9,11H2,(H,20,21,22)/t16-/m1/s1. The van der Waals surface area contributed by atoms with Crippen molar-refractivity contribution in [3.05, 3.63) is 66.0 Å². The number of aromatic nitrogens is 3. The third-order valence-corrected chi connectivity index (χ3v) is 5.25. The van der Waals surface area contributed by atoms with E-state index in [1.54, 1.807) is 0 Å². The molecule has 3 aromatic rings. The molecule has 0 aliphatic carbocycles. The number of nitrogens with one attached hydrogen (secondary N) is 2. The first kappa shape index (κ1) is 14.5. The van der Waals surface area contributed by atoms with Gasteiger partial charge in [0.15, 0.2) is 5.82 Å². The molecule has 2 N–H and O–H groups in total. The Morgan fingerprint density at radius 2 is 2.13 bits per heavy atom. The average molecular weight is 322 g/mol. The van der Waals surface area contributed by atoms with Crippen LogP contribution in [0.1, 0.15) is 23.6 Å². The molecule has 4 rings (SSSR count). The second-order valence-corrected chi connectivity index (χ2v) is 6.78. The molecule has 0 saturated carbocycles. The fourth-order valence-corrected chi connectivity index (χ4v) is 4.09. The number of hydrogen-bond donors (Lipinski definition) is 2. The van der Waals surface area contributed by atoms with E-state index in [2.05, 4.69) is 69.0 Å². The van der Waals surface area contributed by atoms with Gasteiger partial charge in [-0.1, -0.05) is 36.4 Å². The molecule has 0 unspecified atom stereocenters. The van der Waals surface area contributed by atoms with Crippen LogP contribution in [0, 0.1) is 0 Å². The number of rotatable bonds is 4. The van der Waals surface area contributed by atoms with Gasteiger partial charge in [-0.3, -0.25) is 5.10 Å². The monoisotopic (exact) mass is 322 g/mol. The Bertz CT molecular complexity index is 785. The SMILES string of the molecule is c1cc(CN[C@@H]2CCSc3ccccc32)cc(-c2ncn[nH]2)c1. The lowest BCUT2D eigenvalue weighted by Crippen LogP contribution is -2.24. The van der Waals surface area contributed by atoms with Gasteiger partial charge in [0, 0.05) is 23.0 Å². The first-order chi connectivity index (χ1) is 11.4. The van der Waals surface area contributed by atoms with E-state index in [4.69, 9.17) is 0 Å². The topological polar surface area (TPSA) is 53.6 Å². The largest absolute Gasteiger partial charge is 0.306 e. The summed E-state index contributed by atoms with van der Waals surface area (Å²) in [5, 5.41) is 10.5. The smallest absolute Gasteiger partial charge is 0.155 e. The third-order valence-electron chi connectivity index (χ3n) is 4.13. The Balaban J connectivity index is 1.49. The molecular formula is C18H18N4S. The van der Waals surface area contributed by atoms with Gasteiger partial charge in [0.05, 0.1) is 0 Å². The molecule has 4 nitrogen and oxygen atoms in total. The minimum Gasteiger partial charge on any atom is -0.306 e. The number of benzene rings is 2. The van der Waals surface area contributed by atoms with E-state index < -0.39 is 0 Å². The van der Waals surface area contributed by atoms with Crippen LogP contribution < -0.4 is 5.32 Å². The molecule has 2 heterocycles. The predicted octanol–water partition coefficient (Wildman–Crippen LogP) is 3.80. The predicted molar refractivity (Wildman–Crippen MR) is 93.2 cm³/mol. The highest BCUT2D eigenvalue weighted by Gasteiger charge is 2.19. The molecule has 2 aromatic carbocycles. The van der Waals surface area contributed by atoms with Crippen molar-refractivity contribution in [2.45, 2.75) is 23.9 Å². The number of nitrogens with zero attached hydrogens (tertiary/aromatic N) is 2. The van der Waals surface area contributed by atoms with E-state index in [9.17, 15) is 0 Å². The molecule has 0 radical (unpaired) electrons. The Morgan fingerprint density at radius 1 is 1.17 bits per heavy atom. The summed E-state index contributed by atoms with van der Waals surface area (Å²) in [4.78, 5) is 5.63. The van der Waals surface area contributed by atoms with Crippen molar-refractivity contribution in [3.63, 3.8) is 0 Å². The Morgan fingerprint density at radius 3 is 3.04 bits per heavy atom. The molecular weight excluding hydrogens is 304 g/mol. The summed E-state index contributed by atoms with van der Waals surface area (Å²) in [6.45, 7) is 0.853. The lowest BCUT2D eigenvalue weighted by molar-refractivity contribution is 0.510. The van der Waals surface area contributed by atoms with E-state index in [0.717, 1.165) is 17.9 Å². The number of thioether (sulfide) groups is 1. The maximum atomic E-state index is 4.22. The van der Waals surface area contributed by atoms with Gasteiger partial charge in [0.25, 0.3) is 0 Å². The molecule has 0 amide bonds. The van der Waals surface area contributed by atoms with Gasteiger partial charge in [0.2, 0.25) is 0 Å². The highest BCUT2D eigenvalue weighted by molar-refractivity contribution is 7.99. The Hall–Kier alpha value is -2.11. The average Bonchev–Trinajstić information content (AvgIpc) is 3.15. The number of fused-ring (bicyclic) bond motifs is 1. The van der Waals surface area contributed by atoms with E-state index in [1.165, 1.54) is 34.5 Å². The molecule has 0 saturated heterocycles. The second-order valence-electron chi connectivity index (χ2n) is 5.64. The van der Waals surface area contributed by atoms with Crippen LogP contribution >= 0.6 is 11.8 Å². The lowest BCUT2D eigenvalue weighted by atomic mass is 10.0. The number of hydrogen-bond acceptors (Lipinski definition) is 4. The quantitative estimate of drug-likeness (QED) is 0.767. The summed E-state index contributed by atoms with van der Waals surface area (Å²) in [6, 6.07) is 17.6. The van der Waals surface area contributed by atoms with Crippen molar-refractivity contribution >= 4 is 11.8 Å². The summed E-state index contributed by atoms with van der Waals surface area (Å²) >= 11 is 1.96. The Labute approximate surface area is 139 Å². The second kappa shape index (κ2) is 6.56. The summed E-state index contributed by atoms with van der Waals surface area (Å²) in [6.07, 6.45) is 2.71. The van der Waals surface area contributed by atoms with Gasteiger partial charge >= 0.3 is 0 Å². The van der Waals surface area contributed by atoms with Crippen molar-refractivity contribution in [1.82, 2.24) is 20.5 Å². The zero-order chi connectivity index (χ0) is 15.5. The molecule has 1 aliphatic rings. The van der Waals surface area contributed by atoms with Crippen molar-refractivity contribution in [3.8, 4) is 11.4 Å². The zero-order valence-corrected chi connectivity index (χ0v) is 13.5. The first-order valence-corrected chi connectivity index (χ1v) is 8.78. The third kappa shape index (κ3) is 3.16. The summed E-state index contributed by atoms with van der Waals surface area (Å²) in [7, 11) is 0. The van der Waals surface area contributed by atoms with Crippen LogP contribution in [0.5, 0.6) is 0 Å². The molecule has 0 spiro atoms. The molecule has 23 heavy (non-hydrogen) atoms. The fraction of sp³-hybridized carbons (Fsp3) is 0.222. The summed E-state index contributed by atoms with van der Waals surface area (Å²) < 4.78 is 0. The molecule has 0 bridgehead atoms. The lowest BCUT2D eigenvalue weighted by Gasteiger charge is -2.26. The summed E-state index contributed by atoms with van der Waals surface area (Å²) in [5.41, 5.74) is 3.76. The van der Waals surface area contributed by atoms with Crippen molar-refractivity contribution in [2.24, 2.45) is 0 Å². The van der Waals surface area contributed by atoms with Crippen molar-refractivity contribution in [2.75, 3.05) is 5.75 Å². The maximum Gasteiger partial charge on any atom is 0.155 e. The van der Waals surface area contributed by atoms with Gasteiger partial charge in [0.1, 0.15) is 6.33 Å². The highest BCUT2D eigenvalue weighted by Crippen LogP contribution is 2.35. The van der Waals surface area contributed by atoms with Crippen LogP contribution in [0.4, 0.5) is 0 Å².